The van der Waals surface area contributed by atoms with Crippen molar-refractivity contribution < 1.29 is 27.5 Å². The number of ether oxygens (including phenoxy) is 1. The number of carbonyl (C=O) groups excluding carboxylic acids is 2. The highest BCUT2D eigenvalue weighted by Crippen LogP contribution is 2.30. The molecule has 2 heterocycles. The lowest BCUT2D eigenvalue weighted by Gasteiger charge is -2.32. The Morgan fingerprint density at radius 1 is 1.11 bits per heavy atom. The van der Waals surface area contributed by atoms with E-state index < -0.39 is 11.7 Å². The molecule has 7 nitrogen and oxygen atoms in total. The molecule has 36 heavy (non-hydrogen) atoms. The van der Waals surface area contributed by atoms with Gasteiger partial charge in [0.05, 0.1) is 17.7 Å². The summed E-state index contributed by atoms with van der Waals surface area (Å²) in [6.45, 7) is 4.55. The average Bonchev–Trinajstić information content (AvgIpc) is 3.27. The molecule has 2 aromatic carbocycles. The summed E-state index contributed by atoms with van der Waals surface area (Å²) in [6, 6.07) is 7.98. The molecule has 192 valence electrons. The van der Waals surface area contributed by atoms with Crippen molar-refractivity contribution in [2.24, 2.45) is 5.92 Å². The van der Waals surface area contributed by atoms with Crippen LogP contribution in [0.25, 0.3) is 10.9 Å². The van der Waals surface area contributed by atoms with Gasteiger partial charge >= 0.3 is 6.18 Å². The van der Waals surface area contributed by atoms with Crippen molar-refractivity contribution in [3.8, 4) is 0 Å². The van der Waals surface area contributed by atoms with Crippen LogP contribution in [0.4, 0.5) is 13.2 Å². The third-order valence-electron chi connectivity index (χ3n) is 6.65. The summed E-state index contributed by atoms with van der Waals surface area (Å²) in [5, 5.41) is 8.43. The number of likely N-dealkylation sites (tertiary alicyclic amines) is 1. The Kier molecular flexibility index (Phi) is 7.63. The number of amides is 2. The van der Waals surface area contributed by atoms with Gasteiger partial charge in [0.1, 0.15) is 0 Å². The number of carbonyl (C=O) groups is 2. The zero-order valence-corrected chi connectivity index (χ0v) is 20.3. The molecule has 1 aliphatic rings. The molecule has 0 atom stereocenters. The van der Waals surface area contributed by atoms with Crippen molar-refractivity contribution in [1.82, 2.24) is 20.0 Å². The minimum atomic E-state index is -4.42. The van der Waals surface area contributed by atoms with Crippen LogP contribution in [0.2, 0.25) is 0 Å². The first-order valence-electron chi connectivity index (χ1n) is 11.9. The first-order valence-corrected chi connectivity index (χ1v) is 11.9. The van der Waals surface area contributed by atoms with Crippen LogP contribution in [0.15, 0.2) is 42.6 Å². The summed E-state index contributed by atoms with van der Waals surface area (Å²) in [4.78, 5) is 26.9. The van der Waals surface area contributed by atoms with Gasteiger partial charge in [0, 0.05) is 56.0 Å². The number of nitrogens with zero attached hydrogens (tertiary/aromatic N) is 3. The maximum atomic E-state index is 12.8. The van der Waals surface area contributed by atoms with Crippen molar-refractivity contribution in [3.05, 3.63) is 64.8 Å². The van der Waals surface area contributed by atoms with Crippen LogP contribution in [0.1, 0.15) is 44.7 Å². The normalized spacial score (nSPS) is 14.9. The molecular weight excluding hydrogens is 473 g/mol. The van der Waals surface area contributed by atoms with Gasteiger partial charge in [-0.2, -0.15) is 18.3 Å². The Morgan fingerprint density at radius 2 is 1.81 bits per heavy atom. The summed E-state index contributed by atoms with van der Waals surface area (Å²) < 4.78 is 45.2. The van der Waals surface area contributed by atoms with Gasteiger partial charge in [-0.1, -0.05) is 0 Å². The number of aromatic nitrogens is 2. The van der Waals surface area contributed by atoms with E-state index in [4.69, 9.17) is 4.74 Å². The predicted octanol–water partition coefficient (Wildman–Crippen LogP) is 4.29. The minimum absolute atomic E-state index is 0.149. The number of nitrogens with one attached hydrogen (secondary N) is 1. The molecule has 1 fully saturated rings. The Bertz CT molecular complexity index is 1230. The molecule has 0 aliphatic carbocycles. The smallest absolute Gasteiger partial charge is 0.383 e. The lowest BCUT2D eigenvalue weighted by molar-refractivity contribution is -0.137. The molecule has 2 amide bonds. The molecule has 1 N–H and O–H groups in total. The minimum Gasteiger partial charge on any atom is -0.383 e. The maximum absolute atomic E-state index is 12.8. The molecule has 3 aromatic rings. The molecule has 1 aliphatic heterocycles. The Labute approximate surface area is 207 Å². The van der Waals surface area contributed by atoms with Crippen LogP contribution in [0.5, 0.6) is 0 Å². The lowest BCUT2D eigenvalue weighted by atomic mass is 9.96. The SMILES string of the molecule is COCCNC(=O)c1ccc2nn(CC3CCN(C(=O)c4ccc(C(F)(F)F)cc4)CC3)cc2c1C. The fourth-order valence-electron chi connectivity index (χ4n) is 4.55. The first-order chi connectivity index (χ1) is 17.2. The first kappa shape index (κ1) is 25.7. The summed E-state index contributed by atoms with van der Waals surface area (Å²) in [7, 11) is 1.58. The summed E-state index contributed by atoms with van der Waals surface area (Å²) in [5.41, 5.74) is 1.78. The Hall–Kier alpha value is -3.40. The van der Waals surface area contributed by atoms with E-state index in [-0.39, 0.29) is 17.4 Å². The van der Waals surface area contributed by atoms with Crippen LogP contribution in [0, 0.1) is 12.8 Å². The molecule has 1 saturated heterocycles. The number of halogens is 3. The molecule has 0 unspecified atom stereocenters. The average molecular weight is 503 g/mol. The van der Waals surface area contributed by atoms with E-state index in [0.717, 1.165) is 41.4 Å². The zero-order chi connectivity index (χ0) is 25.9. The summed E-state index contributed by atoms with van der Waals surface area (Å²) in [6.07, 6.45) is -0.923. The van der Waals surface area contributed by atoms with Crippen molar-refractivity contribution in [1.29, 1.82) is 0 Å². The number of hydrogen-bond acceptors (Lipinski definition) is 4. The van der Waals surface area contributed by atoms with Gasteiger partial charge in [-0.05, 0) is 67.6 Å². The van der Waals surface area contributed by atoms with Crippen molar-refractivity contribution in [2.75, 3.05) is 33.4 Å². The van der Waals surface area contributed by atoms with E-state index in [1.54, 1.807) is 18.1 Å². The second-order valence-electron chi connectivity index (χ2n) is 9.08. The van der Waals surface area contributed by atoms with Crippen molar-refractivity contribution in [2.45, 2.75) is 32.5 Å². The second kappa shape index (κ2) is 10.7. The number of methoxy groups -OCH3 is 1. The number of benzene rings is 2. The highest BCUT2D eigenvalue weighted by molar-refractivity contribution is 6.00. The van der Waals surface area contributed by atoms with E-state index in [0.29, 0.717) is 44.3 Å². The van der Waals surface area contributed by atoms with E-state index in [9.17, 15) is 22.8 Å². The van der Waals surface area contributed by atoms with Gasteiger partial charge in [-0.25, -0.2) is 0 Å². The second-order valence-corrected chi connectivity index (χ2v) is 9.08. The van der Waals surface area contributed by atoms with Gasteiger partial charge in [-0.15, -0.1) is 0 Å². The third-order valence-corrected chi connectivity index (χ3v) is 6.65. The van der Waals surface area contributed by atoms with E-state index in [2.05, 4.69) is 10.4 Å². The summed E-state index contributed by atoms with van der Waals surface area (Å²) >= 11 is 0. The lowest BCUT2D eigenvalue weighted by Crippen LogP contribution is -2.39. The number of alkyl halides is 3. The molecule has 0 radical (unpaired) electrons. The number of rotatable bonds is 7. The number of fused-ring (bicyclic) bond motifs is 1. The predicted molar refractivity (Wildman–Crippen MR) is 129 cm³/mol. The third kappa shape index (κ3) is 5.70. The van der Waals surface area contributed by atoms with Crippen molar-refractivity contribution in [3.63, 3.8) is 0 Å². The molecule has 10 heteroatoms. The Morgan fingerprint density at radius 3 is 2.44 bits per heavy atom. The highest BCUT2D eigenvalue weighted by Gasteiger charge is 2.31. The largest absolute Gasteiger partial charge is 0.416 e. The number of piperidine rings is 1. The Balaban J connectivity index is 1.35. The molecular formula is C26H29F3N4O3. The van der Waals surface area contributed by atoms with E-state index in [1.165, 1.54) is 12.1 Å². The van der Waals surface area contributed by atoms with Gasteiger partial charge < -0.3 is 15.0 Å². The fraction of sp³-hybridized carbons (Fsp3) is 0.423. The van der Waals surface area contributed by atoms with Crippen LogP contribution in [0.3, 0.4) is 0 Å². The topological polar surface area (TPSA) is 76.5 Å². The van der Waals surface area contributed by atoms with Crippen molar-refractivity contribution >= 4 is 22.7 Å². The molecule has 0 bridgehead atoms. The zero-order valence-electron chi connectivity index (χ0n) is 20.3. The van der Waals surface area contributed by atoms with E-state index in [1.807, 2.05) is 23.9 Å². The van der Waals surface area contributed by atoms with Gasteiger partial charge in [0.2, 0.25) is 0 Å². The van der Waals surface area contributed by atoms with Crippen LogP contribution >= 0.6 is 0 Å². The van der Waals surface area contributed by atoms with Gasteiger partial charge in [0.25, 0.3) is 11.8 Å². The van der Waals surface area contributed by atoms with Gasteiger partial charge in [0.15, 0.2) is 0 Å². The van der Waals surface area contributed by atoms with Gasteiger partial charge in [-0.3, -0.25) is 14.3 Å². The quantitative estimate of drug-likeness (QED) is 0.489. The maximum Gasteiger partial charge on any atom is 0.416 e. The molecule has 4 rings (SSSR count). The fourth-order valence-corrected chi connectivity index (χ4v) is 4.55. The standard InChI is InChI=1S/C26H29F3N4O3/c1-17-21(24(34)30-11-14-36-2)7-8-23-22(17)16-33(31-23)15-18-9-12-32(13-10-18)25(35)19-3-5-20(6-4-19)26(27,28)29/h3-8,16,18H,9-15H2,1-2H3,(H,30,34). The molecule has 1 aromatic heterocycles. The highest BCUT2D eigenvalue weighted by atomic mass is 19.4. The van der Waals surface area contributed by atoms with E-state index >= 15 is 0 Å². The monoisotopic (exact) mass is 502 g/mol. The van der Waals surface area contributed by atoms with Crippen LogP contribution in [-0.2, 0) is 17.5 Å². The van der Waals surface area contributed by atoms with Crippen LogP contribution in [-0.4, -0.2) is 59.8 Å². The molecule has 0 spiro atoms. The number of hydrogen-bond donors (Lipinski definition) is 1. The summed E-state index contributed by atoms with van der Waals surface area (Å²) in [5.74, 6) is -0.0868. The molecule has 0 saturated carbocycles. The van der Waals surface area contributed by atoms with Crippen LogP contribution < -0.4 is 5.32 Å². The number of aryl methyl sites for hydroxylation is 1.